The standard InChI is InChI=1S/C26H36N4O5.C19H30N4O5.H2/c1-26(2,3)35-25(33)29-19-9-10-20(29)14-18(13-19)27-23(31)22-12-11-21-15-28(22)24(32)30(21)34-16-17-7-5-4-6-8-17;1-19(2,3)28-18(26)22-12-4-5-13(22)9-11(8-12)20-16(24)15-7-6-14-10-21(15)17(25)23(14)27;/h4-8,18-22H,9-16H2,1-3H3,(H,27,31);11-15,27H,4-10H2,1-3H3,(H,20,24);1H/t18?,19?,20?,21-,22+;11?,12?,13?,14-,15+;/m11./s1. The number of nitrogens with one attached hydrogen (secondary N) is 2. The molecule has 8 saturated heterocycles. The average Bonchev–Trinajstić information content (AvgIpc) is 3.82. The molecule has 8 bridgehead atoms. The number of hydroxylamine groups is 4. The summed E-state index contributed by atoms with van der Waals surface area (Å²) in [5.41, 5.74) is -0.0524. The van der Waals surface area contributed by atoms with Crippen molar-refractivity contribution in [2.24, 2.45) is 0 Å². The zero-order valence-electron chi connectivity index (χ0n) is 37.6. The fraction of sp³-hybridized carbons (Fsp3) is 0.733. The van der Waals surface area contributed by atoms with Crippen LogP contribution in [0.1, 0.15) is 126 Å². The molecule has 1 aromatic carbocycles. The molecule has 0 radical (unpaired) electrons. The molecule has 0 aromatic heterocycles. The van der Waals surface area contributed by atoms with E-state index in [1.165, 1.54) is 9.96 Å². The van der Waals surface area contributed by atoms with E-state index >= 15 is 0 Å². The van der Waals surface area contributed by atoms with E-state index in [1.807, 2.05) is 81.7 Å². The Hall–Kier alpha value is -4.84. The van der Waals surface area contributed by atoms with Gasteiger partial charge in [0, 0.05) is 50.8 Å². The number of piperidine rings is 4. The number of carbonyl (C=O) groups excluding carboxylic acids is 6. The maximum absolute atomic E-state index is 13.3. The molecule has 9 rings (SSSR count). The van der Waals surface area contributed by atoms with Gasteiger partial charge >= 0.3 is 24.2 Å². The molecule has 8 aliphatic heterocycles. The molecular formula is C45H68N8O10. The average molecular weight is 881 g/mol. The molecule has 8 amide bonds. The van der Waals surface area contributed by atoms with Crippen LogP contribution in [0.25, 0.3) is 0 Å². The fourth-order valence-electron chi connectivity index (χ4n) is 11.1. The van der Waals surface area contributed by atoms with Gasteiger partial charge in [0.2, 0.25) is 11.8 Å². The van der Waals surface area contributed by atoms with E-state index in [-0.39, 0.29) is 79.8 Å². The van der Waals surface area contributed by atoms with Crippen LogP contribution < -0.4 is 10.6 Å². The minimum atomic E-state index is -0.526. The lowest BCUT2D eigenvalue weighted by Crippen LogP contribution is -2.57. The summed E-state index contributed by atoms with van der Waals surface area (Å²) >= 11 is 0. The molecule has 0 spiro atoms. The number of nitrogens with zero attached hydrogens (tertiary/aromatic N) is 6. The molecule has 0 saturated carbocycles. The summed E-state index contributed by atoms with van der Waals surface area (Å²) in [6.45, 7) is 12.5. The van der Waals surface area contributed by atoms with E-state index in [1.54, 1.807) is 4.90 Å². The maximum atomic E-state index is 13.3. The molecule has 4 unspecified atom stereocenters. The van der Waals surface area contributed by atoms with Crippen molar-refractivity contribution in [1.29, 1.82) is 0 Å². The predicted octanol–water partition coefficient (Wildman–Crippen LogP) is 5.37. The zero-order valence-corrected chi connectivity index (χ0v) is 37.6. The van der Waals surface area contributed by atoms with E-state index < -0.39 is 29.3 Å². The third kappa shape index (κ3) is 9.66. The molecule has 0 aliphatic carbocycles. The van der Waals surface area contributed by atoms with Crippen LogP contribution in [-0.4, -0.2) is 156 Å². The molecule has 8 heterocycles. The van der Waals surface area contributed by atoms with Gasteiger partial charge in [0.15, 0.2) is 0 Å². The topological polar surface area (TPSA) is 194 Å². The molecule has 1 aromatic rings. The van der Waals surface area contributed by atoms with E-state index in [4.69, 9.17) is 14.3 Å². The SMILES string of the molecule is CC(C)(C)OC(=O)N1C2CCC1CC(NC(=O)[C@@H]1CC[C@@H]3CN1C(=O)N3O)C2.CC(C)(C)OC(=O)N1C2CCC1CC(NC(=O)[C@@H]1CC[C@@H]3CN1C(=O)N3OCc1ccccc1)C2.[HH]. The Morgan fingerprint density at radius 1 is 0.619 bits per heavy atom. The molecule has 348 valence electrons. The van der Waals surface area contributed by atoms with Crippen LogP contribution in [0, 0.1) is 0 Å². The van der Waals surface area contributed by atoms with Gasteiger partial charge in [0.25, 0.3) is 0 Å². The largest absolute Gasteiger partial charge is 0.444 e. The van der Waals surface area contributed by atoms with Crippen LogP contribution in [0.4, 0.5) is 19.2 Å². The highest BCUT2D eigenvalue weighted by atomic mass is 16.7. The summed E-state index contributed by atoms with van der Waals surface area (Å²) in [5.74, 6) is -0.256. The van der Waals surface area contributed by atoms with E-state index in [0.717, 1.165) is 55.6 Å². The lowest BCUT2D eigenvalue weighted by Gasteiger charge is -2.40. The van der Waals surface area contributed by atoms with Crippen molar-refractivity contribution in [2.45, 2.75) is 197 Å². The number of urea groups is 2. The molecule has 18 nitrogen and oxygen atoms in total. The monoisotopic (exact) mass is 881 g/mol. The first-order valence-electron chi connectivity index (χ1n) is 23.0. The second-order valence-electron chi connectivity index (χ2n) is 20.7. The number of benzene rings is 1. The van der Waals surface area contributed by atoms with Gasteiger partial charge in [-0.2, -0.15) is 5.06 Å². The third-order valence-electron chi connectivity index (χ3n) is 13.9. The van der Waals surface area contributed by atoms with Crippen LogP contribution >= 0.6 is 0 Å². The Morgan fingerprint density at radius 2 is 1.03 bits per heavy atom. The van der Waals surface area contributed by atoms with E-state index in [9.17, 15) is 34.0 Å². The summed E-state index contributed by atoms with van der Waals surface area (Å²) < 4.78 is 11.2. The molecular weight excluding hydrogens is 813 g/mol. The van der Waals surface area contributed by atoms with Crippen LogP contribution in [0.5, 0.6) is 0 Å². The molecule has 8 atom stereocenters. The smallest absolute Gasteiger partial charge is 0.410 e. The predicted molar refractivity (Wildman–Crippen MR) is 229 cm³/mol. The Morgan fingerprint density at radius 3 is 1.49 bits per heavy atom. The number of carbonyl (C=O) groups is 6. The highest BCUT2D eigenvalue weighted by Crippen LogP contribution is 2.39. The number of fused-ring (bicyclic) bond motifs is 8. The lowest BCUT2D eigenvalue weighted by molar-refractivity contribution is -0.140. The first-order valence-corrected chi connectivity index (χ1v) is 23.0. The van der Waals surface area contributed by atoms with Crippen LogP contribution in [-0.2, 0) is 30.5 Å². The van der Waals surface area contributed by atoms with Gasteiger partial charge in [-0.05, 0) is 124 Å². The minimum absolute atomic E-state index is 0. The van der Waals surface area contributed by atoms with Gasteiger partial charge in [0.05, 0.1) is 12.1 Å². The highest BCUT2D eigenvalue weighted by molar-refractivity contribution is 5.89. The first-order chi connectivity index (χ1) is 29.8. The third-order valence-corrected chi connectivity index (χ3v) is 13.9. The lowest BCUT2D eigenvalue weighted by atomic mass is 9.96. The Bertz CT molecular complexity index is 1890. The Kier molecular flexibility index (Phi) is 12.5. The van der Waals surface area contributed by atoms with Crippen LogP contribution in [0.2, 0.25) is 0 Å². The molecule has 18 heteroatoms. The Balaban J connectivity index is 0.000000193. The van der Waals surface area contributed by atoms with Crippen LogP contribution in [0.3, 0.4) is 0 Å². The van der Waals surface area contributed by atoms with Gasteiger partial charge in [-0.15, -0.1) is 0 Å². The summed E-state index contributed by atoms with van der Waals surface area (Å²) in [7, 11) is 0. The minimum Gasteiger partial charge on any atom is -0.444 e. The van der Waals surface area contributed by atoms with Crippen molar-refractivity contribution in [1.82, 2.24) is 40.4 Å². The quantitative estimate of drug-likeness (QED) is 0.300. The molecule has 3 N–H and O–H groups in total. The van der Waals surface area contributed by atoms with Gasteiger partial charge < -0.3 is 39.7 Å². The van der Waals surface area contributed by atoms with Crippen molar-refractivity contribution in [3.05, 3.63) is 35.9 Å². The molecule has 8 aliphatic rings. The second-order valence-corrected chi connectivity index (χ2v) is 20.7. The van der Waals surface area contributed by atoms with E-state index in [0.29, 0.717) is 51.8 Å². The van der Waals surface area contributed by atoms with Gasteiger partial charge in [0.1, 0.15) is 29.9 Å². The highest BCUT2D eigenvalue weighted by Gasteiger charge is 2.51. The fourth-order valence-corrected chi connectivity index (χ4v) is 11.1. The summed E-state index contributed by atoms with van der Waals surface area (Å²) in [6, 6.07) is 8.12. The van der Waals surface area contributed by atoms with Crippen molar-refractivity contribution < 1.29 is 49.7 Å². The number of hydrogen-bond acceptors (Lipinski definition) is 10. The normalized spacial score (nSPS) is 32.0. The van der Waals surface area contributed by atoms with Crippen molar-refractivity contribution in [2.75, 3.05) is 13.1 Å². The van der Waals surface area contributed by atoms with Gasteiger partial charge in [-0.3, -0.25) is 19.6 Å². The molecule has 63 heavy (non-hydrogen) atoms. The van der Waals surface area contributed by atoms with E-state index in [2.05, 4.69) is 10.6 Å². The van der Waals surface area contributed by atoms with Gasteiger partial charge in [-0.1, -0.05) is 30.3 Å². The summed E-state index contributed by atoms with van der Waals surface area (Å²) in [4.78, 5) is 89.2. The van der Waals surface area contributed by atoms with Crippen molar-refractivity contribution >= 4 is 36.1 Å². The summed E-state index contributed by atoms with van der Waals surface area (Å²) in [5, 5.41) is 18.3. The number of amides is 8. The number of ether oxygens (including phenoxy) is 2. The van der Waals surface area contributed by atoms with Crippen molar-refractivity contribution in [3.63, 3.8) is 0 Å². The summed E-state index contributed by atoms with van der Waals surface area (Å²) in [6.07, 6.45) is 8.56. The maximum Gasteiger partial charge on any atom is 0.410 e. The van der Waals surface area contributed by atoms with Crippen LogP contribution in [0.15, 0.2) is 30.3 Å². The first kappa shape index (κ1) is 44.8. The number of hydrogen-bond donors (Lipinski definition) is 3. The molecule has 8 fully saturated rings. The number of rotatable bonds is 7. The van der Waals surface area contributed by atoms with Crippen molar-refractivity contribution in [3.8, 4) is 0 Å². The Labute approximate surface area is 371 Å². The second kappa shape index (κ2) is 17.6. The zero-order chi connectivity index (χ0) is 45.0. The van der Waals surface area contributed by atoms with Gasteiger partial charge in [-0.25, -0.2) is 24.2 Å².